The van der Waals surface area contributed by atoms with Crippen molar-refractivity contribution in [3.8, 4) is 17.3 Å². The normalized spacial score (nSPS) is 14.4. The average molecular weight is 572 g/mol. The molecule has 8 nitrogen and oxygen atoms in total. The van der Waals surface area contributed by atoms with Gasteiger partial charge in [0.1, 0.15) is 22.8 Å². The highest BCUT2D eigenvalue weighted by Gasteiger charge is 2.64. The van der Waals surface area contributed by atoms with Gasteiger partial charge in [-0.05, 0) is 37.1 Å². The molecule has 5 rings (SSSR count). The van der Waals surface area contributed by atoms with E-state index in [1.807, 2.05) is 26.0 Å². The van der Waals surface area contributed by atoms with Crippen LogP contribution in [-0.4, -0.2) is 63.6 Å². The summed E-state index contributed by atoms with van der Waals surface area (Å²) in [6, 6.07) is 15.6. The monoisotopic (exact) mass is 571 g/mol. The molecule has 2 aromatic heterocycles. The second-order valence-electron chi connectivity index (χ2n) is 9.36. The topological polar surface area (TPSA) is 80.8 Å². The molecule has 0 saturated heterocycles. The molecule has 3 heterocycles. The van der Waals surface area contributed by atoms with E-state index in [0.29, 0.717) is 10.3 Å². The van der Waals surface area contributed by atoms with Gasteiger partial charge in [0.2, 0.25) is 11.6 Å². The lowest BCUT2D eigenvalue weighted by molar-refractivity contribution is -0.248. The Bertz CT molecular complexity index is 1640. The molecular weight excluding hydrogens is 545 g/mol. The molecule has 0 unspecified atom stereocenters. The van der Waals surface area contributed by atoms with Gasteiger partial charge >= 0.3 is 12.1 Å². The molecule has 0 saturated carbocycles. The first-order valence-corrected chi connectivity index (χ1v) is 13.0. The summed E-state index contributed by atoms with van der Waals surface area (Å²) < 4.78 is 75.3. The van der Waals surface area contributed by atoms with Crippen LogP contribution in [0.25, 0.3) is 22.4 Å². The minimum absolute atomic E-state index is 0.00587. The second-order valence-corrected chi connectivity index (χ2v) is 9.36. The fourth-order valence-electron chi connectivity index (χ4n) is 4.50. The van der Waals surface area contributed by atoms with Crippen molar-refractivity contribution in [2.24, 2.45) is 10.1 Å². The van der Waals surface area contributed by atoms with E-state index in [1.54, 1.807) is 36.4 Å². The third-order valence-corrected chi connectivity index (χ3v) is 6.45. The van der Waals surface area contributed by atoms with E-state index in [4.69, 9.17) is 4.74 Å². The number of pyridine rings is 1. The molecule has 0 amide bonds. The highest BCUT2D eigenvalue weighted by molar-refractivity contribution is 6.51. The Morgan fingerprint density at radius 1 is 0.927 bits per heavy atom. The molecule has 0 N–H and O–H groups in total. The Balaban J connectivity index is 1.62. The third-order valence-electron chi connectivity index (χ3n) is 6.45. The van der Waals surface area contributed by atoms with Crippen LogP contribution in [0, 0.1) is 0 Å². The van der Waals surface area contributed by atoms with Crippen molar-refractivity contribution in [2.75, 3.05) is 25.1 Å². The number of benzene rings is 2. The minimum Gasteiger partial charge on any atom is -0.494 e. The number of fused-ring (bicyclic) bond motifs is 2. The maximum Gasteiger partial charge on any atom is 0.459 e. The largest absolute Gasteiger partial charge is 0.494 e. The number of alkyl halides is 5. The highest BCUT2D eigenvalue weighted by Crippen LogP contribution is 2.40. The van der Waals surface area contributed by atoms with Crippen LogP contribution in [0.3, 0.4) is 0 Å². The maximum atomic E-state index is 14.7. The zero-order chi connectivity index (χ0) is 29.4. The van der Waals surface area contributed by atoms with Gasteiger partial charge in [-0.25, -0.2) is 15.0 Å². The number of hydrogen-bond acceptors (Lipinski definition) is 7. The van der Waals surface area contributed by atoms with Crippen molar-refractivity contribution in [3.05, 3.63) is 60.4 Å². The molecule has 1 aliphatic rings. The van der Waals surface area contributed by atoms with Crippen LogP contribution in [0.5, 0.6) is 5.75 Å². The summed E-state index contributed by atoms with van der Waals surface area (Å²) in [6.07, 6.45) is -4.14. The number of anilines is 1. The predicted molar refractivity (Wildman–Crippen MR) is 147 cm³/mol. The average Bonchev–Trinajstić information content (AvgIpc) is 3.52. The number of nitrogens with zero attached hydrogens (tertiary/aromatic N) is 7. The van der Waals surface area contributed by atoms with Crippen LogP contribution >= 0.6 is 0 Å². The van der Waals surface area contributed by atoms with Crippen LogP contribution in [0.15, 0.2) is 64.7 Å². The number of ether oxygens (including phenoxy) is 1. The lowest BCUT2D eigenvalue weighted by atomic mass is 10.1. The van der Waals surface area contributed by atoms with Gasteiger partial charge in [-0.3, -0.25) is 0 Å². The minimum atomic E-state index is -5.92. The fraction of sp³-hybridized carbons (Fsp3) is 0.321. The summed E-state index contributed by atoms with van der Waals surface area (Å²) >= 11 is 0. The smallest absolute Gasteiger partial charge is 0.459 e. The fourth-order valence-corrected chi connectivity index (χ4v) is 4.50. The summed E-state index contributed by atoms with van der Waals surface area (Å²) in [5.41, 5.74) is -0.612. The van der Waals surface area contributed by atoms with Gasteiger partial charge in [0.05, 0.1) is 12.6 Å². The number of hydrogen-bond donors (Lipinski definition) is 0. The zero-order valence-corrected chi connectivity index (χ0v) is 22.5. The van der Waals surface area contributed by atoms with Crippen molar-refractivity contribution < 1.29 is 26.7 Å². The van der Waals surface area contributed by atoms with Gasteiger partial charge in [0, 0.05) is 30.2 Å². The van der Waals surface area contributed by atoms with E-state index >= 15 is 0 Å². The summed E-state index contributed by atoms with van der Waals surface area (Å²) in [7, 11) is 1.37. The predicted octanol–water partition coefficient (Wildman–Crippen LogP) is 6.66. The number of rotatable bonds is 9. The van der Waals surface area contributed by atoms with Crippen LogP contribution < -0.4 is 9.64 Å². The molecule has 0 radical (unpaired) electrons. The van der Waals surface area contributed by atoms with Crippen LogP contribution in [0.2, 0.25) is 0 Å². The molecular formula is C28H26F5N7O. The second kappa shape index (κ2) is 10.9. The van der Waals surface area contributed by atoms with Crippen molar-refractivity contribution >= 4 is 33.7 Å². The SMILES string of the molecule is CCCN(CCC)c1ccc(/N=C2/C(C(F)(F)C(F)(F)F)=Nn3nc(-c4ccc5ccccc5n4)nc32)c(OC)c1. The Labute approximate surface area is 232 Å². The Kier molecular flexibility index (Phi) is 7.45. The summed E-state index contributed by atoms with van der Waals surface area (Å²) in [6.45, 7) is 5.63. The molecule has 0 spiro atoms. The number of methoxy groups -OCH3 is 1. The lowest BCUT2D eigenvalue weighted by Crippen LogP contribution is -2.46. The number of aromatic nitrogens is 4. The van der Waals surface area contributed by atoms with Crippen LogP contribution in [0.4, 0.5) is 33.3 Å². The maximum absolute atomic E-state index is 14.7. The Morgan fingerprint density at radius 3 is 2.34 bits per heavy atom. The van der Waals surface area contributed by atoms with Crippen LogP contribution in [0.1, 0.15) is 32.5 Å². The summed E-state index contributed by atoms with van der Waals surface area (Å²) in [5, 5.41) is 8.42. The van der Waals surface area contributed by atoms with E-state index < -0.39 is 23.5 Å². The number of para-hydroxylation sites is 1. The Hall–Kier alpha value is -4.42. The molecule has 0 fully saturated rings. The van der Waals surface area contributed by atoms with Crippen molar-refractivity contribution in [1.82, 2.24) is 19.9 Å². The zero-order valence-electron chi connectivity index (χ0n) is 22.5. The molecule has 0 aliphatic carbocycles. The van der Waals surface area contributed by atoms with Crippen molar-refractivity contribution in [2.45, 2.75) is 38.8 Å². The van der Waals surface area contributed by atoms with E-state index in [1.165, 1.54) is 13.2 Å². The molecule has 214 valence electrons. The van der Waals surface area contributed by atoms with Gasteiger partial charge in [-0.2, -0.15) is 22.0 Å². The molecule has 1 aliphatic heterocycles. The molecule has 41 heavy (non-hydrogen) atoms. The molecule has 0 bridgehead atoms. The first-order chi connectivity index (χ1) is 19.6. The summed E-state index contributed by atoms with van der Waals surface area (Å²) in [5.74, 6) is -5.51. The molecule has 2 aromatic carbocycles. The Morgan fingerprint density at radius 2 is 1.66 bits per heavy atom. The molecule has 13 heteroatoms. The van der Waals surface area contributed by atoms with E-state index in [2.05, 4.69) is 30.1 Å². The van der Waals surface area contributed by atoms with Gasteiger partial charge in [0.25, 0.3) is 0 Å². The first kappa shape index (κ1) is 28.1. The first-order valence-electron chi connectivity index (χ1n) is 13.0. The van der Waals surface area contributed by atoms with Gasteiger partial charge in [-0.15, -0.1) is 15.0 Å². The lowest BCUT2D eigenvalue weighted by Gasteiger charge is -2.24. The number of aliphatic imine (C=N–C) groups is 1. The van der Waals surface area contributed by atoms with Crippen LogP contribution in [-0.2, 0) is 0 Å². The highest BCUT2D eigenvalue weighted by atomic mass is 19.4. The van der Waals surface area contributed by atoms with E-state index in [-0.39, 0.29) is 28.8 Å². The molecule has 4 aromatic rings. The van der Waals surface area contributed by atoms with Gasteiger partial charge in [0.15, 0.2) is 5.71 Å². The van der Waals surface area contributed by atoms with Crippen molar-refractivity contribution in [3.63, 3.8) is 0 Å². The van der Waals surface area contributed by atoms with Gasteiger partial charge in [-0.1, -0.05) is 38.1 Å². The standard InChI is InChI=1S/C28H26F5N7O/c1-4-14-39(15-5-2)18-11-13-20(22(16-18)41-3)35-23-24(27(29,30)28(31,32)33)37-40-26(23)36-25(38-40)21-12-10-17-8-6-7-9-19(17)34-21/h6-13,16H,4-5,14-15H2,1-3H3/b35-23-. The summed E-state index contributed by atoms with van der Waals surface area (Å²) in [4.78, 5) is 15.7. The van der Waals surface area contributed by atoms with Crippen molar-refractivity contribution in [1.29, 1.82) is 0 Å². The quantitative estimate of drug-likeness (QED) is 0.210. The van der Waals surface area contributed by atoms with E-state index in [0.717, 1.165) is 37.0 Å². The van der Waals surface area contributed by atoms with Gasteiger partial charge < -0.3 is 9.64 Å². The molecule has 0 atom stereocenters. The number of halogens is 5. The third kappa shape index (κ3) is 5.23. The van der Waals surface area contributed by atoms with E-state index in [9.17, 15) is 22.0 Å².